The predicted octanol–water partition coefficient (Wildman–Crippen LogP) is 0.444. The van der Waals surface area contributed by atoms with E-state index in [1.165, 1.54) is 0 Å². The molecule has 0 aromatic carbocycles. The van der Waals surface area contributed by atoms with E-state index in [0.717, 1.165) is 19.3 Å². The Morgan fingerprint density at radius 1 is 1.36 bits per heavy atom. The summed E-state index contributed by atoms with van der Waals surface area (Å²) in [5.41, 5.74) is 5.78. The molecule has 0 amide bonds. The van der Waals surface area contributed by atoms with E-state index in [1.807, 2.05) is 0 Å². The van der Waals surface area contributed by atoms with Gasteiger partial charge in [0.15, 0.2) is 0 Å². The fraction of sp³-hybridized carbons (Fsp3) is 0.875. The Bertz CT molecular complexity index is 191. The van der Waals surface area contributed by atoms with E-state index in [9.17, 15) is 4.79 Å². The molecule has 11 heavy (non-hydrogen) atoms. The van der Waals surface area contributed by atoms with Crippen LogP contribution in [0.2, 0.25) is 0 Å². The van der Waals surface area contributed by atoms with Crippen molar-refractivity contribution in [1.82, 2.24) is 0 Å². The Balaban J connectivity index is 2.17. The molecule has 0 spiro atoms. The van der Waals surface area contributed by atoms with Crippen LogP contribution in [0.1, 0.15) is 19.3 Å². The molecular weight excluding hydrogens is 142 g/mol. The number of hydrogen-bond acceptors (Lipinski definition) is 2. The number of rotatable bonds is 1. The normalized spacial score (nSPS) is 48.1. The van der Waals surface area contributed by atoms with E-state index in [1.54, 1.807) is 0 Å². The molecule has 3 N–H and O–H groups in total. The summed E-state index contributed by atoms with van der Waals surface area (Å²) in [5.74, 6) is -0.0490. The smallest absolute Gasteiger partial charge is 0.308 e. The highest BCUT2D eigenvalue weighted by Gasteiger charge is 2.49. The number of carbonyl (C=O) groups is 1. The highest BCUT2D eigenvalue weighted by Crippen LogP contribution is 2.47. The third-order valence-corrected chi connectivity index (χ3v) is 3.27. The molecule has 0 unspecified atom stereocenters. The molecule has 0 aromatic rings. The largest absolute Gasteiger partial charge is 0.481 e. The maximum absolute atomic E-state index is 10.7. The zero-order valence-corrected chi connectivity index (χ0v) is 6.36. The second kappa shape index (κ2) is 2.21. The Morgan fingerprint density at radius 3 is 2.36 bits per heavy atom. The minimum absolute atomic E-state index is 0.0637. The molecule has 4 atom stereocenters. The summed E-state index contributed by atoms with van der Waals surface area (Å²) in [6, 6.07) is -0.0637. The summed E-state index contributed by atoms with van der Waals surface area (Å²) >= 11 is 0. The van der Waals surface area contributed by atoms with Gasteiger partial charge < -0.3 is 10.8 Å². The summed E-state index contributed by atoms with van der Waals surface area (Å²) in [6.07, 6.45) is 3.28. The maximum atomic E-state index is 10.7. The van der Waals surface area contributed by atoms with Crippen LogP contribution in [0.3, 0.4) is 0 Å². The summed E-state index contributed by atoms with van der Waals surface area (Å²) in [5, 5.41) is 8.83. The van der Waals surface area contributed by atoms with Gasteiger partial charge in [0.05, 0.1) is 5.92 Å². The summed E-state index contributed by atoms with van der Waals surface area (Å²) in [4.78, 5) is 10.7. The first-order chi connectivity index (χ1) is 5.20. The zero-order chi connectivity index (χ0) is 8.01. The third-order valence-electron chi connectivity index (χ3n) is 3.27. The number of nitrogens with two attached hydrogens (primary N) is 1. The van der Waals surface area contributed by atoms with Crippen LogP contribution in [0.15, 0.2) is 0 Å². The summed E-state index contributed by atoms with van der Waals surface area (Å²) in [6.45, 7) is 0. The minimum Gasteiger partial charge on any atom is -0.481 e. The average molecular weight is 155 g/mol. The van der Waals surface area contributed by atoms with Crippen LogP contribution in [-0.4, -0.2) is 17.1 Å². The van der Waals surface area contributed by atoms with Crippen LogP contribution in [0.25, 0.3) is 0 Å². The lowest BCUT2D eigenvalue weighted by atomic mass is 9.85. The molecule has 2 saturated carbocycles. The van der Waals surface area contributed by atoms with Crippen molar-refractivity contribution >= 4 is 5.97 Å². The molecule has 0 saturated heterocycles. The van der Waals surface area contributed by atoms with Crippen molar-refractivity contribution in [3.63, 3.8) is 0 Å². The van der Waals surface area contributed by atoms with E-state index in [2.05, 4.69) is 0 Å². The van der Waals surface area contributed by atoms with Gasteiger partial charge in [-0.15, -0.1) is 0 Å². The first kappa shape index (κ1) is 7.10. The van der Waals surface area contributed by atoms with Crippen LogP contribution < -0.4 is 5.73 Å². The van der Waals surface area contributed by atoms with Crippen molar-refractivity contribution in [2.45, 2.75) is 25.3 Å². The van der Waals surface area contributed by atoms with Crippen molar-refractivity contribution in [2.75, 3.05) is 0 Å². The predicted molar refractivity (Wildman–Crippen MR) is 39.9 cm³/mol. The van der Waals surface area contributed by atoms with Crippen LogP contribution in [0.4, 0.5) is 0 Å². The second-order valence-corrected chi connectivity index (χ2v) is 3.77. The van der Waals surface area contributed by atoms with E-state index < -0.39 is 5.97 Å². The van der Waals surface area contributed by atoms with Crippen LogP contribution in [0.5, 0.6) is 0 Å². The molecule has 2 fully saturated rings. The lowest BCUT2D eigenvalue weighted by Crippen LogP contribution is -2.40. The number of carboxylic acids is 1. The Labute approximate surface area is 65.6 Å². The highest BCUT2D eigenvalue weighted by atomic mass is 16.4. The monoisotopic (exact) mass is 155 g/mol. The number of hydrogen-bond donors (Lipinski definition) is 2. The van der Waals surface area contributed by atoms with Crippen molar-refractivity contribution in [3.8, 4) is 0 Å². The van der Waals surface area contributed by atoms with Crippen molar-refractivity contribution in [1.29, 1.82) is 0 Å². The molecule has 3 heteroatoms. The van der Waals surface area contributed by atoms with Gasteiger partial charge in [-0.2, -0.15) is 0 Å². The maximum Gasteiger partial charge on any atom is 0.308 e. The molecule has 0 radical (unpaired) electrons. The molecule has 2 rings (SSSR count). The van der Waals surface area contributed by atoms with E-state index >= 15 is 0 Å². The zero-order valence-electron chi connectivity index (χ0n) is 6.36. The van der Waals surface area contributed by atoms with Gasteiger partial charge >= 0.3 is 5.97 Å². The van der Waals surface area contributed by atoms with Gasteiger partial charge in [0.2, 0.25) is 0 Å². The van der Waals surface area contributed by atoms with Crippen LogP contribution in [0, 0.1) is 17.8 Å². The summed E-state index contributed by atoms with van der Waals surface area (Å²) in [7, 11) is 0. The molecule has 2 aliphatic rings. The van der Waals surface area contributed by atoms with Crippen molar-refractivity contribution < 1.29 is 9.90 Å². The van der Waals surface area contributed by atoms with Gasteiger partial charge in [-0.25, -0.2) is 0 Å². The Kier molecular flexibility index (Phi) is 1.42. The molecular formula is C8H13NO2. The van der Waals surface area contributed by atoms with Gasteiger partial charge in [-0.1, -0.05) is 0 Å². The van der Waals surface area contributed by atoms with Crippen LogP contribution in [-0.2, 0) is 4.79 Å². The van der Waals surface area contributed by atoms with E-state index in [0.29, 0.717) is 11.8 Å². The molecule has 0 aliphatic heterocycles. The first-order valence-corrected chi connectivity index (χ1v) is 4.18. The fourth-order valence-electron chi connectivity index (χ4n) is 2.70. The third kappa shape index (κ3) is 0.872. The highest BCUT2D eigenvalue weighted by molar-refractivity contribution is 5.72. The molecule has 2 bridgehead atoms. The Morgan fingerprint density at radius 2 is 2.00 bits per heavy atom. The average Bonchev–Trinajstić information content (AvgIpc) is 2.44. The minimum atomic E-state index is -0.690. The first-order valence-electron chi connectivity index (χ1n) is 4.18. The van der Waals surface area contributed by atoms with Gasteiger partial charge in [0.25, 0.3) is 0 Å². The molecule has 0 heterocycles. The van der Waals surface area contributed by atoms with Gasteiger partial charge in [-0.3, -0.25) is 4.79 Å². The molecule has 0 aromatic heterocycles. The lowest BCUT2D eigenvalue weighted by molar-refractivity contribution is -0.144. The summed E-state index contributed by atoms with van der Waals surface area (Å²) < 4.78 is 0. The topological polar surface area (TPSA) is 63.3 Å². The number of aliphatic carboxylic acids is 1. The van der Waals surface area contributed by atoms with Gasteiger partial charge in [0.1, 0.15) is 0 Å². The van der Waals surface area contributed by atoms with Gasteiger partial charge in [0, 0.05) is 6.04 Å². The molecule has 62 valence electrons. The molecule has 3 nitrogen and oxygen atoms in total. The van der Waals surface area contributed by atoms with Crippen molar-refractivity contribution in [3.05, 3.63) is 0 Å². The molecule has 2 aliphatic carbocycles. The fourth-order valence-corrected chi connectivity index (χ4v) is 2.70. The lowest BCUT2D eigenvalue weighted by Gasteiger charge is -2.23. The van der Waals surface area contributed by atoms with Crippen LogP contribution >= 0.6 is 0 Å². The van der Waals surface area contributed by atoms with Crippen molar-refractivity contribution in [2.24, 2.45) is 23.5 Å². The number of carboxylic acid groups (broad SMARTS) is 1. The van der Waals surface area contributed by atoms with E-state index in [-0.39, 0.29) is 12.0 Å². The standard InChI is InChI=1S/C8H13NO2/c9-7-5-2-1-4(3-5)6(7)8(10)11/h4-7H,1-3,9H2,(H,10,11)/t4-,5+,6+,7-/m0/s1. The Hall–Kier alpha value is -0.570. The number of fused-ring (bicyclic) bond motifs is 2. The second-order valence-electron chi connectivity index (χ2n) is 3.77. The van der Waals surface area contributed by atoms with E-state index in [4.69, 9.17) is 10.8 Å². The quantitative estimate of drug-likeness (QED) is 0.577. The van der Waals surface area contributed by atoms with Gasteiger partial charge in [-0.05, 0) is 31.1 Å². The SMILES string of the molecule is N[C@H]1[C@@H]2CC[C@@H](C2)[C@H]1C(=O)O.